The SMILES string of the molecule is C=CC(=O)OCCCNC(C)(C)C. The zero-order valence-corrected chi connectivity index (χ0v) is 8.72. The summed E-state index contributed by atoms with van der Waals surface area (Å²) in [5, 5.41) is 3.30. The van der Waals surface area contributed by atoms with Gasteiger partial charge in [0, 0.05) is 11.6 Å². The first-order valence-corrected chi connectivity index (χ1v) is 4.50. The fraction of sp³-hybridized carbons (Fsp3) is 0.700. The first-order valence-electron chi connectivity index (χ1n) is 4.50. The molecule has 0 spiro atoms. The first kappa shape index (κ1) is 12.2. The summed E-state index contributed by atoms with van der Waals surface area (Å²) < 4.78 is 4.81. The highest BCUT2D eigenvalue weighted by molar-refractivity contribution is 5.81. The van der Waals surface area contributed by atoms with Crippen molar-refractivity contribution in [2.24, 2.45) is 0 Å². The molecule has 76 valence electrons. The predicted molar refractivity (Wildman–Crippen MR) is 53.5 cm³/mol. The molecule has 0 amide bonds. The van der Waals surface area contributed by atoms with Crippen LogP contribution in [0.5, 0.6) is 0 Å². The van der Waals surface area contributed by atoms with Crippen LogP contribution in [0.2, 0.25) is 0 Å². The second kappa shape index (κ2) is 5.75. The van der Waals surface area contributed by atoms with Crippen molar-refractivity contribution in [2.75, 3.05) is 13.2 Å². The van der Waals surface area contributed by atoms with Gasteiger partial charge in [-0.2, -0.15) is 0 Å². The summed E-state index contributed by atoms with van der Waals surface area (Å²) in [5.74, 6) is -0.351. The van der Waals surface area contributed by atoms with Gasteiger partial charge in [0.25, 0.3) is 0 Å². The van der Waals surface area contributed by atoms with Gasteiger partial charge in [-0.1, -0.05) is 6.58 Å². The second-order valence-electron chi connectivity index (χ2n) is 3.90. The summed E-state index contributed by atoms with van der Waals surface area (Å²) in [6.07, 6.45) is 2.01. The minimum atomic E-state index is -0.351. The summed E-state index contributed by atoms with van der Waals surface area (Å²) in [6.45, 7) is 10.9. The average molecular weight is 185 g/mol. The Kier molecular flexibility index (Phi) is 5.39. The molecule has 3 heteroatoms. The summed E-state index contributed by atoms with van der Waals surface area (Å²) in [7, 11) is 0. The highest BCUT2D eigenvalue weighted by Gasteiger charge is 2.07. The van der Waals surface area contributed by atoms with Crippen molar-refractivity contribution in [3.05, 3.63) is 12.7 Å². The average Bonchev–Trinajstić information content (AvgIpc) is 2.01. The number of esters is 1. The summed E-state index contributed by atoms with van der Waals surface area (Å²) in [4.78, 5) is 10.6. The molecule has 0 atom stereocenters. The largest absolute Gasteiger partial charge is 0.462 e. The van der Waals surface area contributed by atoms with E-state index in [9.17, 15) is 4.79 Å². The topological polar surface area (TPSA) is 38.3 Å². The van der Waals surface area contributed by atoms with E-state index in [2.05, 4.69) is 32.7 Å². The Morgan fingerprint density at radius 1 is 1.54 bits per heavy atom. The lowest BCUT2D eigenvalue weighted by Crippen LogP contribution is -2.36. The van der Waals surface area contributed by atoms with Gasteiger partial charge in [0.2, 0.25) is 0 Å². The lowest BCUT2D eigenvalue weighted by atomic mass is 10.1. The zero-order valence-electron chi connectivity index (χ0n) is 8.72. The van der Waals surface area contributed by atoms with Crippen molar-refractivity contribution >= 4 is 5.97 Å². The molecule has 0 aromatic heterocycles. The Balaban J connectivity index is 3.27. The molecule has 0 aromatic rings. The van der Waals surface area contributed by atoms with Crippen LogP contribution in [-0.4, -0.2) is 24.7 Å². The molecule has 0 aromatic carbocycles. The molecule has 0 radical (unpaired) electrons. The fourth-order valence-corrected chi connectivity index (χ4v) is 0.767. The van der Waals surface area contributed by atoms with E-state index in [1.54, 1.807) is 0 Å². The van der Waals surface area contributed by atoms with Crippen molar-refractivity contribution in [3.63, 3.8) is 0 Å². The third kappa shape index (κ3) is 9.08. The van der Waals surface area contributed by atoms with E-state index in [0.29, 0.717) is 6.61 Å². The third-order valence-electron chi connectivity index (χ3n) is 1.39. The maximum atomic E-state index is 10.6. The van der Waals surface area contributed by atoms with Crippen molar-refractivity contribution in [3.8, 4) is 0 Å². The van der Waals surface area contributed by atoms with Crippen molar-refractivity contribution in [2.45, 2.75) is 32.7 Å². The summed E-state index contributed by atoms with van der Waals surface area (Å²) in [6, 6.07) is 0. The molecular formula is C10H19NO2. The quantitative estimate of drug-likeness (QED) is 0.400. The molecule has 0 unspecified atom stereocenters. The van der Waals surface area contributed by atoms with Gasteiger partial charge in [-0.25, -0.2) is 4.79 Å². The lowest BCUT2D eigenvalue weighted by Gasteiger charge is -2.20. The monoisotopic (exact) mass is 185 g/mol. The van der Waals surface area contributed by atoms with Crippen LogP contribution in [0.1, 0.15) is 27.2 Å². The predicted octanol–water partition coefficient (Wildman–Crippen LogP) is 1.49. The van der Waals surface area contributed by atoms with Crippen LogP contribution < -0.4 is 5.32 Å². The number of hydrogen-bond donors (Lipinski definition) is 1. The molecule has 0 rings (SSSR count). The van der Waals surface area contributed by atoms with Gasteiger partial charge < -0.3 is 10.1 Å². The molecule has 1 N–H and O–H groups in total. The Morgan fingerprint density at radius 2 is 2.15 bits per heavy atom. The number of carbonyl (C=O) groups is 1. The van der Waals surface area contributed by atoms with E-state index in [1.807, 2.05) is 0 Å². The van der Waals surface area contributed by atoms with E-state index in [1.165, 1.54) is 6.08 Å². The summed E-state index contributed by atoms with van der Waals surface area (Å²) in [5.41, 5.74) is 0.127. The summed E-state index contributed by atoms with van der Waals surface area (Å²) >= 11 is 0. The van der Waals surface area contributed by atoms with Gasteiger partial charge in [-0.3, -0.25) is 0 Å². The fourth-order valence-electron chi connectivity index (χ4n) is 0.767. The molecule has 0 aliphatic carbocycles. The molecule has 0 heterocycles. The van der Waals surface area contributed by atoms with Crippen LogP contribution in [0.15, 0.2) is 12.7 Å². The highest BCUT2D eigenvalue weighted by Crippen LogP contribution is 1.97. The Labute approximate surface area is 80.2 Å². The van der Waals surface area contributed by atoms with Crippen LogP contribution in [-0.2, 0) is 9.53 Å². The standard InChI is InChI=1S/C10H19NO2/c1-5-9(12)13-8-6-7-11-10(2,3)4/h5,11H,1,6-8H2,2-4H3. The van der Waals surface area contributed by atoms with Crippen LogP contribution in [0.3, 0.4) is 0 Å². The van der Waals surface area contributed by atoms with Crippen LogP contribution in [0.4, 0.5) is 0 Å². The van der Waals surface area contributed by atoms with Gasteiger partial charge in [-0.05, 0) is 33.7 Å². The van der Waals surface area contributed by atoms with E-state index in [4.69, 9.17) is 4.74 Å². The number of ether oxygens (including phenoxy) is 1. The van der Waals surface area contributed by atoms with E-state index in [-0.39, 0.29) is 11.5 Å². The highest BCUT2D eigenvalue weighted by atomic mass is 16.5. The minimum Gasteiger partial charge on any atom is -0.462 e. The first-order chi connectivity index (χ1) is 5.95. The Morgan fingerprint density at radius 3 is 2.62 bits per heavy atom. The number of rotatable bonds is 5. The molecule has 0 saturated carbocycles. The van der Waals surface area contributed by atoms with Crippen LogP contribution in [0.25, 0.3) is 0 Å². The molecule has 0 aliphatic heterocycles. The third-order valence-corrected chi connectivity index (χ3v) is 1.39. The maximum Gasteiger partial charge on any atom is 0.330 e. The zero-order chi connectivity index (χ0) is 10.3. The van der Waals surface area contributed by atoms with Gasteiger partial charge in [-0.15, -0.1) is 0 Å². The number of hydrogen-bond acceptors (Lipinski definition) is 3. The molecule has 3 nitrogen and oxygen atoms in total. The van der Waals surface area contributed by atoms with E-state index in [0.717, 1.165) is 13.0 Å². The molecule has 13 heavy (non-hydrogen) atoms. The van der Waals surface area contributed by atoms with Crippen molar-refractivity contribution in [1.82, 2.24) is 5.32 Å². The molecule has 0 bridgehead atoms. The van der Waals surface area contributed by atoms with Gasteiger partial charge >= 0.3 is 5.97 Å². The second-order valence-corrected chi connectivity index (χ2v) is 3.90. The molecule has 0 saturated heterocycles. The van der Waals surface area contributed by atoms with Crippen molar-refractivity contribution < 1.29 is 9.53 Å². The molecule has 0 aliphatic rings. The Hall–Kier alpha value is -0.830. The molecule has 0 fully saturated rings. The van der Waals surface area contributed by atoms with E-state index < -0.39 is 0 Å². The normalized spacial score (nSPS) is 11.0. The lowest BCUT2D eigenvalue weighted by molar-refractivity contribution is -0.137. The number of nitrogens with one attached hydrogen (secondary N) is 1. The number of carbonyl (C=O) groups excluding carboxylic acids is 1. The van der Waals surface area contributed by atoms with E-state index >= 15 is 0 Å². The van der Waals surface area contributed by atoms with Gasteiger partial charge in [0.15, 0.2) is 0 Å². The smallest absolute Gasteiger partial charge is 0.330 e. The van der Waals surface area contributed by atoms with Crippen LogP contribution >= 0.6 is 0 Å². The minimum absolute atomic E-state index is 0.127. The Bertz CT molecular complexity index is 170. The van der Waals surface area contributed by atoms with Crippen molar-refractivity contribution in [1.29, 1.82) is 0 Å². The molecular weight excluding hydrogens is 166 g/mol. The van der Waals surface area contributed by atoms with Crippen LogP contribution in [0, 0.1) is 0 Å². The van der Waals surface area contributed by atoms with Gasteiger partial charge in [0.1, 0.15) is 0 Å². The maximum absolute atomic E-state index is 10.6. The van der Waals surface area contributed by atoms with Gasteiger partial charge in [0.05, 0.1) is 6.61 Å².